The lowest BCUT2D eigenvalue weighted by Crippen LogP contribution is -1.88. The summed E-state index contributed by atoms with van der Waals surface area (Å²) in [6.07, 6.45) is 1.72. The first-order chi connectivity index (χ1) is 5.33. The van der Waals surface area contributed by atoms with Gasteiger partial charge in [-0.25, -0.2) is 0 Å². The molecule has 0 saturated heterocycles. The average Bonchev–Trinajstić information content (AvgIpc) is 2.01. The average molecular weight is 166 g/mol. The van der Waals surface area contributed by atoms with E-state index in [1.165, 1.54) is 0 Å². The van der Waals surface area contributed by atoms with Crippen LogP contribution < -0.4 is 0 Å². The fourth-order valence-electron chi connectivity index (χ4n) is 0.770. The number of hydrogen-bond acceptors (Lipinski definition) is 3. The second-order valence-electron chi connectivity index (χ2n) is 2.16. The van der Waals surface area contributed by atoms with Crippen LogP contribution in [0.3, 0.4) is 0 Å². The van der Waals surface area contributed by atoms with E-state index in [0.717, 1.165) is 11.4 Å². The largest absolute Gasteiger partial charge is 0.280 e. The van der Waals surface area contributed by atoms with Crippen molar-refractivity contribution in [2.75, 3.05) is 5.88 Å². The molecule has 11 heavy (non-hydrogen) atoms. The minimum Gasteiger partial charge on any atom is -0.280 e. The molecule has 1 heterocycles. The van der Waals surface area contributed by atoms with Crippen LogP contribution in [0.15, 0.2) is 23.2 Å². The summed E-state index contributed by atoms with van der Waals surface area (Å²) in [5.41, 5.74) is 1.90. The number of nitrogens with zero attached hydrogens (tertiary/aromatic N) is 2. The van der Waals surface area contributed by atoms with Crippen molar-refractivity contribution in [3.05, 3.63) is 29.6 Å². The van der Waals surface area contributed by atoms with Gasteiger partial charge < -0.3 is 0 Å². The van der Waals surface area contributed by atoms with Crippen molar-refractivity contribution in [1.29, 1.82) is 0 Å². The van der Waals surface area contributed by atoms with E-state index in [-0.39, 0.29) is 0 Å². The van der Waals surface area contributed by atoms with Crippen molar-refractivity contribution in [3.8, 4) is 0 Å². The van der Waals surface area contributed by atoms with Crippen LogP contribution in [-0.4, -0.2) is 17.1 Å². The zero-order chi connectivity index (χ0) is 8.10. The molecule has 0 aliphatic heterocycles. The highest BCUT2D eigenvalue weighted by Crippen LogP contribution is 1.94. The third-order valence-electron chi connectivity index (χ3n) is 1.22. The first-order valence-electron chi connectivity index (χ1n) is 3.37. The molecule has 0 spiro atoms. The van der Waals surface area contributed by atoms with E-state index in [0.29, 0.717) is 5.88 Å². The number of thiol groups is 1. The Kier molecular flexibility index (Phi) is 3.11. The summed E-state index contributed by atoms with van der Waals surface area (Å²) in [6.45, 7) is 1.96. The molecule has 2 nitrogen and oxygen atoms in total. The molecule has 1 rings (SSSR count). The molecule has 0 atom stereocenters. The molecule has 0 amide bonds. The number of aliphatic imine (C=N–C) groups is 1. The molecule has 0 radical (unpaired) electrons. The third kappa shape index (κ3) is 2.72. The van der Waals surface area contributed by atoms with Gasteiger partial charge >= 0.3 is 0 Å². The van der Waals surface area contributed by atoms with E-state index in [4.69, 9.17) is 0 Å². The van der Waals surface area contributed by atoms with Gasteiger partial charge in [-0.3, -0.25) is 9.98 Å². The highest BCUT2D eigenvalue weighted by atomic mass is 32.1. The maximum absolute atomic E-state index is 4.23. The predicted octanol–water partition coefficient (Wildman–Crippen LogP) is 1.70. The number of aromatic nitrogens is 1. The molecule has 58 valence electrons. The topological polar surface area (TPSA) is 25.2 Å². The van der Waals surface area contributed by atoms with E-state index in [2.05, 4.69) is 22.6 Å². The van der Waals surface area contributed by atoms with Crippen LogP contribution in [0.5, 0.6) is 0 Å². The third-order valence-corrected chi connectivity index (χ3v) is 1.38. The van der Waals surface area contributed by atoms with Crippen molar-refractivity contribution in [3.63, 3.8) is 0 Å². The van der Waals surface area contributed by atoms with Crippen LogP contribution in [0.2, 0.25) is 0 Å². The van der Waals surface area contributed by atoms with Gasteiger partial charge in [-0.2, -0.15) is 12.6 Å². The highest BCUT2D eigenvalue weighted by molar-refractivity contribution is 7.80. The summed E-state index contributed by atoms with van der Waals surface area (Å²) in [5.74, 6) is 0.510. The normalized spacial score (nSPS) is 10.7. The van der Waals surface area contributed by atoms with Crippen molar-refractivity contribution in [2.24, 2.45) is 4.99 Å². The van der Waals surface area contributed by atoms with Crippen LogP contribution in [0, 0.1) is 6.92 Å². The van der Waals surface area contributed by atoms with E-state index >= 15 is 0 Å². The second kappa shape index (κ2) is 4.13. The molecule has 3 heteroatoms. The lowest BCUT2D eigenvalue weighted by atomic mass is 10.3. The van der Waals surface area contributed by atoms with Gasteiger partial charge in [0.25, 0.3) is 0 Å². The van der Waals surface area contributed by atoms with Crippen LogP contribution >= 0.6 is 12.6 Å². The van der Waals surface area contributed by atoms with E-state index in [1.807, 2.05) is 25.1 Å². The number of rotatable bonds is 2. The van der Waals surface area contributed by atoms with Crippen LogP contribution in [0.25, 0.3) is 0 Å². The highest BCUT2D eigenvalue weighted by Gasteiger charge is 1.87. The first kappa shape index (κ1) is 8.27. The quantitative estimate of drug-likeness (QED) is 0.525. The summed E-state index contributed by atoms with van der Waals surface area (Å²) in [7, 11) is 0. The smallest absolute Gasteiger partial charge is 0.0815 e. The van der Waals surface area contributed by atoms with Crippen molar-refractivity contribution < 1.29 is 0 Å². The molecule has 1 aromatic heterocycles. The Morgan fingerprint density at radius 1 is 1.64 bits per heavy atom. The van der Waals surface area contributed by atoms with Gasteiger partial charge in [0.2, 0.25) is 0 Å². The molecule has 0 aromatic carbocycles. The Morgan fingerprint density at radius 2 is 2.45 bits per heavy atom. The van der Waals surface area contributed by atoms with Gasteiger partial charge in [0.1, 0.15) is 0 Å². The zero-order valence-electron chi connectivity index (χ0n) is 6.36. The molecular formula is C8H10N2S. The van der Waals surface area contributed by atoms with Gasteiger partial charge in [0, 0.05) is 11.9 Å². The van der Waals surface area contributed by atoms with Gasteiger partial charge in [0.15, 0.2) is 0 Å². The summed E-state index contributed by atoms with van der Waals surface area (Å²) >= 11 is 3.95. The molecule has 0 aliphatic rings. The molecule has 1 aromatic rings. The lowest BCUT2D eigenvalue weighted by Gasteiger charge is -1.92. The van der Waals surface area contributed by atoms with Crippen LogP contribution in [0.4, 0.5) is 0 Å². The van der Waals surface area contributed by atoms with E-state index in [1.54, 1.807) is 6.21 Å². The van der Waals surface area contributed by atoms with E-state index < -0.39 is 0 Å². The maximum atomic E-state index is 4.23. The SMILES string of the molecule is Cc1cccc(C=NCS)n1. The molecule has 0 aliphatic carbocycles. The molecule has 0 unspecified atom stereocenters. The molecule has 0 fully saturated rings. The minimum atomic E-state index is 0.510. The summed E-state index contributed by atoms with van der Waals surface area (Å²) in [6, 6.07) is 5.83. The summed E-state index contributed by atoms with van der Waals surface area (Å²) < 4.78 is 0. The van der Waals surface area contributed by atoms with Gasteiger partial charge in [-0.1, -0.05) is 6.07 Å². The first-order valence-corrected chi connectivity index (χ1v) is 4.00. The standard InChI is InChI=1S/C8H10N2S/c1-7-3-2-4-8(10-7)5-9-6-11/h2-5,11H,6H2,1H3. The Labute approximate surface area is 71.8 Å². The summed E-state index contributed by atoms with van der Waals surface area (Å²) in [5, 5.41) is 0. The second-order valence-corrected chi connectivity index (χ2v) is 2.44. The fourth-order valence-corrected chi connectivity index (χ4v) is 0.852. The van der Waals surface area contributed by atoms with Crippen molar-refractivity contribution in [2.45, 2.75) is 6.92 Å². The predicted molar refractivity (Wildman–Crippen MR) is 50.4 cm³/mol. The molecule has 0 saturated carbocycles. The van der Waals surface area contributed by atoms with Gasteiger partial charge in [-0.15, -0.1) is 0 Å². The molecule has 0 bridgehead atoms. The Balaban J connectivity index is 2.79. The van der Waals surface area contributed by atoms with Crippen LogP contribution in [-0.2, 0) is 0 Å². The number of aryl methyl sites for hydroxylation is 1. The minimum absolute atomic E-state index is 0.510. The lowest BCUT2D eigenvalue weighted by molar-refractivity contribution is 1.18. The number of hydrogen-bond donors (Lipinski definition) is 1. The number of pyridine rings is 1. The molecular weight excluding hydrogens is 156 g/mol. The summed E-state index contributed by atoms with van der Waals surface area (Å²) in [4.78, 5) is 8.19. The van der Waals surface area contributed by atoms with Gasteiger partial charge in [-0.05, 0) is 19.1 Å². The maximum Gasteiger partial charge on any atom is 0.0815 e. The Morgan fingerprint density at radius 3 is 3.09 bits per heavy atom. The Bertz CT molecular complexity index is 258. The molecule has 0 N–H and O–H groups in total. The van der Waals surface area contributed by atoms with E-state index in [9.17, 15) is 0 Å². The zero-order valence-corrected chi connectivity index (χ0v) is 7.25. The Hall–Kier alpha value is -0.830. The van der Waals surface area contributed by atoms with Crippen LogP contribution in [0.1, 0.15) is 11.4 Å². The van der Waals surface area contributed by atoms with Gasteiger partial charge in [0.05, 0.1) is 11.6 Å². The fraction of sp³-hybridized carbons (Fsp3) is 0.250. The van der Waals surface area contributed by atoms with Crippen molar-refractivity contribution in [1.82, 2.24) is 4.98 Å². The monoisotopic (exact) mass is 166 g/mol. The van der Waals surface area contributed by atoms with Crippen molar-refractivity contribution >= 4 is 18.8 Å².